The SMILES string of the molecule is C#CCNC(=O)c1cnn(-c2ccc(Cl)cc2)c1C(C)C. The summed E-state index contributed by atoms with van der Waals surface area (Å²) >= 11 is 5.90. The third-order valence-electron chi connectivity index (χ3n) is 3.02. The Morgan fingerprint density at radius 2 is 2.10 bits per heavy atom. The normalized spacial score (nSPS) is 10.4. The van der Waals surface area contributed by atoms with Crippen LogP contribution >= 0.6 is 11.6 Å². The highest BCUT2D eigenvalue weighted by Crippen LogP contribution is 2.23. The Labute approximate surface area is 129 Å². The number of aromatic nitrogens is 2. The minimum absolute atomic E-state index is 0.134. The van der Waals surface area contributed by atoms with Crippen LogP contribution in [0.2, 0.25) is 5.02 Å². The van der Waals surface area contributed by atoms with E-state index in [1.807, 2.05) is 26.0 Å². The fraction of sp³-hybridized carbons (Fsp3) is 0.250. The molecule has 0 aliphatic carbocycles. The molecule has 0 radical (unpaired) electrons. The third-order valence-corrected chi connectivity index (χ3v) is 3.27. The summed E-state index contributed by atoms with van der Waals surface area (Å²) in [6, 6.07) is 7.32. The number of nitrogens with one attached hydrogen (secondary N) is 1. The molecular weight excluding hydrogens is 286 g/mol. The monoisotopic (exact) mass is 301 g/mol. The molecule has 1 aromatic carbocycles. The number of hydrogen-bond donors (Lipinski definition) is 1. The van der Waals surface area contributed by atoms with E-state index in [9.17, 15) is 4.79 Å². The van der Waals surface area contributed by atoms with Crippen LogP contribution in [0.25, 0.3) is 5.69 Å². The summed E-state index contributed by atoms with van der Waals surface area (Å²) in [4.78, 5) is 12.1. The molecule has 0 fully saturated rings. The zero-order chi connectivity index (χ0) is 15.4. The van der Waals surface area contributed by atoms with E-state index < -0.39 is 0 Å². The minimum Gasteiger partial charge on any atom is -0.341 e. The first-order valence-electron chi connectivity index (χ1n) is 6.60. The number of carbonyl (C=O) groups is 1. The zero-order valence-electron chi connectivity index (χ0n) is 11.9. The number of benzene rings is 1. The Kier molecular flexibility index (Phi) is 4.66. The lowest BCUT2D eigenvalue weighted by Crippen LogP contribution is -2.24. The van der Waals surface area contributed by atoms with Crippen LogP contribution in [0.3, 0.4) is 0 Å². The van der Waals surface area contributed by atoms with E-state index >= 15 is 0 Å². The average Bonchev–Trinajstić information content (AvgIpc) is 2.90. The molecule has 4 nitrogen and oxygen atoms in total. The molecule has 1 aromatic heterocycles. The second-order valence-electron chi connectivity index (χ2n) is 4.87. The fourth-order valence-electron chi connectivity index (χ4n) is 2.10. The van der Waals surface area contributed by atoms with Crippen LogP contribution in [0.5, 0.6) is 0 Å². The summed E-state index contributed by atoms with van der Waals surface area (Å²) in [6.45, 7) is 4.23. The van der Waals surface area contributed by atoms with Crippen molar-refractivity contribution in [3.05, 3.63) is 46.7 Å². The van der Waals surface area contributed by atoms with Crippen molar-refractivity contribution in [1.82, 2.24) is 15.1 Å². The molecule has 0 unspecified atom stereocenters. The van der Waals surface area contributed by atoms with Gasteiger partial charge in [-0.25, -0.2) is 4.68 Å². The molecule has 2 aromatic rings. The quantitative estimate of drug-likeness (QED) is 0.883. The standard InChI is InChI=1S/C16H16ClN3O/c1-4-9-18-16(21)14-10-19-20(15(14)11(2)3)13-7-5-12(17)6-8-13/h1,5-8,10-11H,9H2,2-3H3,(H,18,21). The molecule has 0 atom stereocenters. The van der Waals surface area contributed by atoms with E-state index in [2.05, 4.69) is 16.3 Å². The number of nitrogens with zero attached hydrogens (tertiary/aromatic N) is 2. The first kappa shape index (κ1) is 15.1. The van der Waals surface area contributed by atoms with Gasteiger partial charge in [0, 0.05) is 5.02 Å². The molecule has 21 heavy (non-hydrogen) atoms. The van der Waals surface area contributed by atoms with Crippen LogP contribution < -0.4 is 5.32 Å². The van der Waals surface area contributed by atoms with Crippen molar-refractivity contribution in [2.24, 2.45) is 0 Å². The molecule has 0 spiro atoms. The van der Waals surface area contributed by atoms with E-state index in [-0.39, 0.29) is 18.4 Å². The van der Waals surface area contributed by atoms with Crippen LogP contribution in [-0.4, -0.2) is 22.2 Å². The van der Waals surface area contributed by atoms with Gasteiger partial charge in [-0.15, -0.1) is 6.42 Å². The Bertz CT molecular complexity index is 681. The van der Waals surface area contributed by atoms with Crippen molar-refractivity contribution < 1.29 is 4.79 Å². The maximum atomic E-state index is 12.1. The Morgan fingerprint density at radius 1 is 1.43 bits per heavy atom. The third kappa shape index (κ3) is 3.26. The molecule has 0 bridgehead atoms. The smallest absolute Gasteiger partial charge is 0.255 e. The van der Waals surface area contributed by atoms with E-state index in [1.54, 1.807) is 23.0 Å². The van der Waals surface area contributed by atoms with Gasteiger partial charge in [0.2, 0.25) is 0 Å². The molecule has 0 saturated heterocycles. The average molecular weight is 302 g/mol. The lowest BCUT2D eigenvalue weighted by atomic mass is 10.1. The van der Waals surface area contributed by atoms with Gasteiger partial charge in [0.1, 0.15) is 0 Å². The summed E-state index contributed by atoms with van der Waals surface area (Å²) in [5.74, 6) is 2.31. The van der Waals surface area contributed by atoms with Crippen molar-refractivity contribution in [2.75, 3.05) is 6.54 Å². The summed E-state index contributed by atoms with van der Waals surface area (Å²) < 4.78 is 1.76. The molecule has 1 N–H and O–H groups in total. The highest BCUT2D eigenvalue weighted by molar-refractivity contribution is 6.30. The molecule has 0 saturated carbocycles. The lowest BCUT2D eigenvalue weighted by molar-refractivity contribution is 0.0957. The van der Waals surface area contributed by atoms with E-state index in [0.717, 1.165) is 11.4 Å². The Morgan fingerprint density at radius 3 is 2.67 bits per heavy atom. The summed E-state index contributed by atoms with van der Waals surface area (Å²) in [7, 11) is 0. The maximum absolute atomic E-state index is 12.1. The van der Waals surface area contributed by atoms with Gasteiger partial charge in [0.25, 0.3) is 5.91 Å². The van der Waals surface area contributed by atoms with E-state index in [1.165, 1.54) is 0 Å². The lowest BCUT2D eigenvalue weighted by Gasteiger charge is -2.12. The van der Waals surface area contributed by atoms with Crippen molar-refractivity contribution >= 4 is 17.5 Å². The van der Waals surface area contributed by atoms with Crippen molar-refractivity contribution in [3.63, 3.8) is 0 Å². The summed E-state index contributed by atoms with van der Waals surface area (Å²) in [5, 5.41) is 7.65. The van der Waals surface area contributed by atoms with Crippen LogP contribution in [0.4, 0.5) is 0 Å². The van der Waals surface area contributed by atoms with E-state index in [4.69, 9.17) is 18.0 Å². The molecular formula is C16H16ClN3O. The largest absolute Gasteiger partial charge is 0.341 e. The maximum Gasteiger partial charge on any atom is 0.255 e. The number of terminal acetylenes is 1. The predicted octanol–water partition coefficient (Wildman–Crippen LogP) is 3.01. The van der Waals surface area contributed by atoms with Crippen molar-refractivity contribution in [2.45, 2.75) is 19.8 Å². The Hall–Kier alpha value is -2.25. The van der Waals surface area contributed by atoms with Crippen molar-refractivity contribution in [1.29, 1.82) is 0 Å². The number of rotatable bonds is 4. The predicted molar refractivity (Wildman–Crippen MR) is 83.8 cm³/mol. The fourth-order valence-corrected chi connectivity index (χ4v) is 2.23. The second-order valence-corrected chi connectivity index (χ2v) is 5.31. The number of carbonyl (C=O) groups excluding carboxylic acids is 1. The van der Waals surface area contributed by atoms with Gasteiger partial charge in [0.15, 0.2) is 0 Å². The van der Waals surface area contributed by atoms with Gasteiger partial charge in [0.05, 0.1) is 29.7 Å². The molecule has 0 aliphatic rings. The Balaban J connectivity index is 2.44. The van der Waals surface area contributed by atoms with Crippen LogP contribution in [0.15, 0.2) is 30.5 Å². The number of halogens is 1. The first-order chi connectivity index (χ1) is 10.0. The summed E-state index contributed by atoms with van der Waals surface area (Å²) in [5.41, 5.74) is 2.24. The topological polar surface area (TPSA) is 46.9 Å². The van der Waals surface area contributed by atoms with Gasteiger partial charge < -0.3 is 5.32 Å². The van der Waals surface area contributed by atoms with Gasteiger partial charge in [-0.2, -0.15) is 5.10 Å². The first-order valence-corrected chi connectivity index (χ1v) is 6.98. The molecule has 1 amide bonds. The minimum atomic E-state index is -0.211. The zero-order valence-corrected chi connectivity index (χ0v) is 12.7. The summed E-state index contributed by atoms with van der Waals surface area (Å²) in [6.07, 6.45) is 6.73. The van der Waals surface area contributed by atoms with Crippen LogP contribution in [0, 0.1) is 12.3 Å². The van der Waals surface area contributed by atoms with Gasteiger partial charge in [-0.1, -0.05) is 31.4 Å². The molecule has 0 aliphatic heterocycles. The van der Waals surface area contributed by atoms with Crippen molar-refractivity contribution in [3.8, 4) is 18.0 Å². The van der Waals surface area contributed by atoms with E-state index in [0.29, 0.717) is 10.6 Å². The van der Waals surface area contributed by atoms with Gasteiger partial charge >= 0.3 is 0 Å². The number of hydrogen-bond acceptors (Lipinski definition) is 2. The van der Waals surface area contributed by atoms with Gasteiger partial charge in [-0.3, -0.25) is 4.79 Å². The van der Waals surface area contributed by atoms with Gasteiger partial charge in [-0.05, 0) is 30.2 Å². The van der Waals surface area contributed by atoms with Crippen LogP contribution in [-0.2, 0) is 0 Å². The van der Waals surface area contributed by atoms with Crippen LogP contribution in [0.1, 0.15) is 35.8 Å². The highest BCUT2D eigenvalue weighted by atomic mass is 35.5. The highest BCUT2D eigenvalue weighted by Gasteiger charge is 2.20. The molecule has 1 heterocycles. The molecule has 2 rings (SSSR count). The molecule has 5 heteroatoms. The second kappa shape index (κ2) is 6.47. The number of amides is 1. The molecule has 108 valence electrons.